The van der Waals surface area contributed by atoms with Gasteiger partial charge in [0.2, 0.25) is 0 Å². The molecule has 0 saturated carbocycles. The van der Waals surface area contributed by atoms with E-state index in [1.165, 1.54) is 28.6 Å². The van der Waals surface area contributed by atoms with E-state index in [1.807, 2.05) is 0 Å². The Balaban J connectivity index is 1.76. The summed E-state index contributed by atoms with van der Waals surface area (Å²) in [5.74, 6) is 0.687. The first-order chi connectivity index (χ1) is 14.9. The van der Waals surface area contributed by atoms with Crippen LogP contribution in [-0.4, -0.2) is 39.8 Å². The van der Waals surface area contributed by atoms with Crippen molar-refractivity contribution in [3.8, 4) is 5.75 Å². The zero-order valence-corrected chi connectivity index (χ0v) is 18.9. The van der Waals surface area contributed by atoms with E-state index < -0.39 is 10.0 Å². The zero-order valence-electron chi connectivity index (χ0n) is 16.5. The maximum absolute atomic E-state index is 13.2. The van der Waals surface area contributed by atoms with Crippen LogP contribution in [0, 0.1) is 0 Å². The molecule has 3 aromatic rings. The maximum Gasteiger partial charge on any atom is 0.264 e. The first-order valence-electron chi connectivity index (χ1n) is 9.52. The van der Waals surface area contributed by atoms with Crippen molar-refractivity contribution in [1.82, 2.24) is 0 Å². The molecule has 0 saturated heterocycles. The molecule has 9 heteroatoms. The van der Waals surface area contributed by atoms with Gasteiger partial charge in [-0.3, -0.25) is 4.31 Å². The van der Waals surface area contributed by atoms with Crippen molar-refractivity contribution < 1.29 is 18.3 Å². The number of ether oxygens (including phenoxy) is 1. The molecule has 0 atom stereocenters. The lowest BCUT2D eigenvalue weighted by Crippen LogP contribution is -2.34. The summed E-state index contributed by atoms with van der Waals surface area (Å²) >= 11 is 11.8. The van der Waals surface area contributed by atoms with Gasteiger partial charge < -0.3 is 15.2 Å². The van der Waals surface area contributed by atoms with Gasteiger partial charge in [-0.05, 0) is 60.7 Å². The molecule has 164 valence electrons. The normalized spacial score (nSPS) is 11.2. The van der Waals surface area contributed by atoms with E-state index in [0.717, 1.165) is 0 Å². The molecule has 2 N–H and O–H groups in total. The number of nitrogens with one attached hydrogen (secondary N) is 1. The van der Waals surface area contributed by atoms with Crippen LogP contribution in [0.15, 0.2) is 77.7 Å². The number of rotatable bonds is 10. The Morgan fingerprint density at radius 1 is 0.903 bits per heavy atom. The average Bonchev–Trinajstić information content (AvgIpc) is 2.77. The van der Waals surface area contributed by atoms with Gasteiger partial charge in [-0.1, -0.05) is 35.3 Å². The molecule has 0 unspecified atom stereocenters. The number of benzene rings is 3. The number of hydrogen-bond donors (Lipinski definition) is 2. The Morgan fingerprint density at radius 3 is 2.16 bits per heavy atom. The fourth-order valence-corrected chi connectivity index (χ4v) is 4.65. The predicted molar refractivity (Wildman–Crippen MR) is 125 cm³/mol. The standard InChI is InChI=1S/C22H22Cl2N2O4S/c23-17-5-9-19(10-6-17)30-16-13-25-21-3-1-2-4-22(21)26(14-15-27)31(28,29)20-11-7-18(24)8-12-20/h1-12,25,27H,13-16H2. The summed E-state index contributed by atoms with van der Waals surface area (Å²) in [7, 11) is -3.90. The van der Waals surface area contributed by atoms with Crippen molar-refractivity contribution in [3.05, 3.63) is 82.8 Å². The van der Waals surface area contributed by atoms with Gasteiger partial charge >= 0.3 is 0 Å². The van der Waals surface area contributed by atoms with E-state index in [4.69, 9.17) is 27.9 Å². The van der Waals surface area contributed by atoms with E-state index >= 15 is 0 Å². The molecule has 0 fully saturated rings. The number of halogens is 2. The van der Waals surface area contributed by atoms with Crippen molar-refractivity contribution in [3.63, 3.8) is 0 Å². The van der Waals surface area contributed by atoms with Crippen LogP contribution in [0.5, 0.6) is 5.75 Å². The van der Waals surface area contributed by atoms with Crippen LogP contribution in [0.4, 0.5) is 11.4 Å². The molecule has 0 bridgehead atoms. The number of hydrogen-bond acceptors (Lipinski definition) is 5. The van der Waals surface area contributed by atoms with Gasteiger partial charge in [0.15, 0.2) is 0 Å². The van der Waals surface area contributed by atoms with Gasteiger partial charge in [-0.25, -0.2) is 8.42 Å². The number of aliphatic hydroxyl groups excluding tert-OH is 1. The van der Waals surface area contributed by atoms with E-state index in [9.17, 15) is 13.5 Å². The van der Waals surface area contributed by atoms with Gasteiger partial charge in [0, 0.05) is 16.6 Å². The Labute approximate surface area is 192 Å². The minimum atomic E-state index is -3.90. The Morgan fingerprint density at radius 2 is 1.52 bits per heavy atom. The fraction of sp³-hybridized carbons (Fsp3) is 0.182. The lowest BCUT2D eigenvalue weighted by molar-refractivity contribution is 0.306. The molecule has 0 spiro atoms. The first-order valence-corrected chi connectivity index (χ1v) is 11.7. The smallest absolute Gasteiger partial charge is 0.264 e. The molecule has 0 aliphatic heterocycles. The quantitative estimate of drug-likeness (QED) is 0.412. The highest BCUT2D eigenvalue weighted by atomic mass is 35.5. The third kappa shape index (κ3) is 6.04. The lowest BCUT2D eigenvalue weighted by Gasteiger charge is -2.26. The van der Waals surface area contributed by atoms with Crippen LogP contribution < -0.4 is 14.4 Å². The summed E-state index contributed by atoms with van der Waals surface area (Å²) in [5, 5.41) is 13.8. The second kappa shape index (κ2) is 10.7. The van der Waals surface area contributed by atoms with E-state index in [1.54, 1.807) is 48.5 Å². The summed E-state index contributed by atoms with van der Waals surface area (Å²) in [4.78, 5) is 0.0891. The highest BCUT2D eigenvalue weighted by molar-refractivity contribution is 7.92. The molecule has 0 heterocycles. The van der Waals surface area contributed by atoms with Gasteiger partial charge in [0.05, 0.1) is 29.4 Å². The minimum Gasteiger partial charge on any atom is -0.492 e. The molecule has 0 amide bonds. The van der Waals surface area contributed by atoms with Crippen LogP contribution in [0.25, 0.3) is 0 Å². The lowest BCUT2D eigenvalue weighted by atomic mass is 10.2. The van der Waals surface area contributed by atoms with Crippen LogP contribution in [0.3, 0.4) is 0 Å². The van der Waals surface area contributed by atoms with E-state index in [-0.39, 0.29) is 18.0 Å². The molecule has 3 rings (SSSR count). The van der Waals surface area contributed by atoms with Gasteiger partial charge in [0.1, 0.15) is 12.4 Å². The topological polar surface area (TPSA) is 78.9 Å². The third-order valence-corrected chi connectivity index (χ3v) is 6.71. The van der Waals surface area contributed by atoms with Crippen molar-refractivity contribution in [2.24, 2.45) is 0 Å². The molecular formula is C22H22Cl2N2O4S. The molecular weight excluding hydrogens is 459 g/mol. The second-order valence-electron chi connectivity index (χ2n) is 6.50. The molecule has 0 aromatic heterocycles. The molecule has 31 heavy (non-hydrogen) atoms. The third-order valence-electron chi connectivity index (χ3n) is 4.38. The van der Waals surface area contributed by atoms with Crippen LogP contribution in [-0.2, 0) is 10.0 Å². The summed E-state index contributed by atoms with van der Waals surface area (Å²) in [6.07, 6.45) is 0. The summed E-state index contributed by atoms with van der Waals surface area (Å²) < 4.78 is 33.3. The number of para-hydroxylation sites is 2. The zero-order chi connectivity index (χ0) is 22.3. The van der Waals surface area contributed by atoms with Crippen molar-refractivity contribution >= 4 is 44.6 Å². The van der Waals surface area contributed by atoms with Gasteiger partial charge in [0.25, 0.3) is 10.0 Å². The highest BCUT2D eigenvalue weighted by Gasteiger charge is 2.26. The summed E-state index contributed by atoms with van der Waals surface area (Å²) in [6.45, 7) is 0.374. The van der Waals surface area contributed by atoms with E-state index in [2.05, 4.69) is 5.32 Å². The SMILES string of the molecule is O=S(=O)(c1ccc(Cl)cc1)N(CCO)c1ccccc1NCCOc1ccc(Cl)cc1. The predicted octanol–water partition coefficient (Wildman–Crippen LogP) is 4.67. The van der Waals surface area contributed by atoms with Crippen LogP contribution in [0.1, 0.15) is 0 Å². The van der Waals surface area contributed by atoms with Crippen molar-refractivity contribution in [2.45, 2.75) is 4.90 Å². The van der Waals surface area contributed by atoms with Gasteiger partial charge in [-0.2, -0.15) is 0 Å². The minimum absolute atomic E-state index is 0.0891. The first kappa shape index (κ1) is 23.2. The van der Waals surface area contributed by atoms with Crippen LogP contribution >= 0.6 is 23.2 Å². The maximum atomic E-state index is 13.2. The Kier molecular flexibility index (Phi) is 8.03. The number of aliphatic hydroxyl groups is 1. The highest BCUT2D eigenvalue weighted by Crippen LogP contribution is 2.31. The number of nitrogens with zero attached hydrogens (tertiary/aromatic N) is 1. The number of sulfonamides is 1. The van der Waals surface area contributed by atoms with E-state index in [0.29, 0.717) is 40.3 Å². The Hall–Kier alpha value is -2.45. The second-order valence-corrected chi connectivity index (χ2v) is 9.24. The fourth-order valence-electron chi connectivity index (χ4n) is 2.92. The monoisotopic (exact) mass is 480 g/mol. The molecule has 0 radical (unpaired) electrons. The molecule has 0 aliphatic rings. The Bertz CT molecular complexity index is 1090. The molecule has 6 nitrogen and oxygen atoms in total. The van der Waals surface area contributed by atoms with Crippen molar-refractivity contribution in [2.75, 3.05) is 35.9 Å². The van der Waals surface area contributed by atoms with Gasteiger partial charge in [-0.15, -0.1) is 0 Å². The van der Waals surface area contributed by atoms with Crippen LogP contribution in [0.2, 0.25) is 10.0 Å². The molecule has 0 aliphatic carbocycles. The average molecular weight is 481 g/mol. The number of anilines is 2. The largest absolute Gasteiger partial charge is 0.492 e. The van der Waals surface area contributed by atoms with Crippen molar-refractivity contribution in [1.29, 1.82) is 0 Å². The summed E-state index contributed by atoms with van der Waals surface area (Å²) in [6, 6.07) is 20.0. The molecule has 3 aromatic carbocycles. The summed E-state index contributed by atoms with van der Waals surface area (Å²) in [5.41, 5.74) is 1.03.